The molecule has 0 saturated carbocycles. The Kier molecular flexibility index (Phi) is 6.14. The molecule has 1 amide bonds. The summed E-state index contributed by atoms with van der Waals surface area (Å²) in [7, 11) is -3.56. The lowest BCUT2D eigenvalue weighted by Gasteiger charge is -2.31. The highest BCUT2D eigenvalue weighted by atomic mass is 35.5. The fourth-order valence-corrected chi connectivity index (χ4v) is 4.78. The molecule has 0 spiro atoms. The maximum Gasteiger partial charge on any atom is 0.243 e. The van der Waals surface area contributed by atoms with Crippen molar-refractivity contribution < 1.29 is 13.2 Å². The van der Waals surface area contributed by atoms with Crippen LogP contribution in [-0.2, 0) is 14.8 Å². The number of rotatable bonds is 5. The van der Waals surface area contributed by atoms with Crippen LogP contribution in [0.15, 0.2) is 53.7 Å². The van der Waals surface area contributed by atoms with E-state index in [2.05, 4.69) is 10.3 Å². The van der Waals surface area contributed by atoms with Crippen molar-refractivity contribution in [1.82, 2.24) is 14.6 Å². The van der Waals surface area contributed by atoms with Crippen molar-refractivity contribution in [2.24, 2.45) is 5.92 Å². The Balaban J connectivity index is 1.58. The Bertz CT molecular complexity index is 880. The molecule has 27 heavy (non-hydrogen) atoms. The number of hydrogen-bond donors (Lipinski definition) is 1. The van der Waals surface area contributed by atoms with Gasteiger partial charge in [0.2, 0.25) is 15.9 Å². The number of nitrogens with zero attached hydrogens (tertiary/aromatic N) is 2. The molecule has 2 aromatic rings. The zero-order chi connectivity index (χ0) is 19.4. The minimum atomic E-state index is -3.56. The molecule has 6 nitrogen and oxygen atoms in total. The van der Waals surface area contributed by atoms with Gasteiger partial charge in [0.15, 0.2) is 0 Å². The Hall–Kier alpha value is -1.96. The van der Waals surface area contributed by atoms with Crippen LogP contribution in [0.3, 0.4) is 0 Å². The second kappa shape index (κ2) is 8.37. The second-order valence-electron chi connectivity index (χ2n) is 6.64. The van der Waals surface area contributed by atoms with Crippen LogP contribution in [0.25, 0.3) is 0 Å². The number of sulfonamides is 1. The van der Waals surface area contributed by atoms with Gasteiger partial charge in [-0.1, -0.05) is 11.6 Å². The SMILES string of the molecule is C[C@H](NC(=O)C1CCN(S(=O)(=O)c2ccc(Cl)cc2)CC1)c1ccncc1. The third kappa shape index (κ3) is 4.66. The van der Waals surface area contributed by atoms with Gasteiger partial charge in [-0.15, -0.1) is 0 Å². The Morgan fingerprint density at radius 2 is 1.74 bits per heavy atom. The highest BCUT2D eigenvalue weighted by Gasteiger charge is 2.32. The summed E-state index contributed by atoms with van der Waals surface area (Å²) in [6, 6.07) is 9.76. The highest BCUT2D eigenvalue weighted by Crippen LogP contribution is 2.25. The number of amides is 1. The quantitative estimate of drug-likeness (QED) is 0.826. The van der Waals surface area contributed by atoms with Gasteiger partial charge in [0.1, 0.15) is 0 Å². The van der Waals surface area contributed by atoms with E-state index in [0.717, 1.165) is 5.56 Å². The molecular formula is C19H22ClN3O3S. The van der Waals surface area contributed by atoms with E-state index in [1.807, 2.05) is 19.1 Å². The maximum atomic E-state index is 12.7. The molecule has 1 saturated heterocycles. The molecule has 0 radical (unpaired) electrons. The number of piperidine rings is 1. The van der Waals surface area contributed by atoms with E-state index >= 15 is 0 Å². The van der Waals surface area contributed by atoms with E-state index in [4.69, 9.17) is 11.6 Å². The highest BCUT2D eigenvalue weighted by molar-refractivity contribution is 7.89. The third-order valence-electron chi connectivity index (χ3n) is 4.84. The van der Waals surface area contributed by atoms with Crippen LogP contribution in [0, 0.1) is 5.92 Å². The van der Waals surface area contributed by atoms with Gasteiger partial charge in [-0.05, 0) is 61.7 Å². The number of benzene rings is 1. The van der Waals surface area contributed by atoms with Crippen molar-refractivity contribution in [2.45, 2.75) is 30.7 Å². The summed E-state index contributed by atoms with van der Waals surface area (Å²) in [5.41, 5.74) is 0.987. The van der Waals surface area contributed by atoms with E-state index in [1.165, 1.54) is 16.4 Å². The van der Waals surface area contributed by atoms with Gasteiger partial charge in [0.25, 0.3) is 0 Å². The molecule has 144 valence electrons. The summed E-state index contributed by atoms with van der Waals surface area (Å²) in [6.07, 6.45) is 4.39. The van der Waals surface area contributed by atoms with Crippen LogP contribution < -0.4 is 5.32 Å². The van der Waals surface area contributed by atoms with E-state index in [1.54, 1.807) is 24.5 Å². The van der Waals surface area contributed by atoms with Gasteiger partial charge in [-0.25, -0.2) is 8.42 Å². The third-order valence-corrected chi connectivity index (χ3v) is 7.01. The minimum absolute atomic E-state index is 0.0390. The van der Waals surface area contributed by atoms with Crippen molar-refractivity contribution in [3.05, 3.63) is 59.4 Å². The molecule has 0 aliphatic carbocycles. The van der Waals surface area contributed by atoms with Gasteiger partial charge >= 0.3 is 0 Å². The molecule has 1 aromatic heterocycles. The molecule has 1 fully saturated rings. The Labute approximate surface area is 164 Å². The number of pyridine rings is 1. The second-order valence-corrected chi connectivity index (χ2v) is 9.02. The van der Waals surface area contributed by atoms with Crippen molar-refractivity contribution in [3.8, 4) is 0 Å². The Morgan fingerprint density at radius 3 is 2.33 bits per heavy atom. The molecule has 8 heteroatoms. The summed E-state index contributed by atoms with van der Waals surface area (Å²) in [5, 5.41) is 3.50. The van der Waals surface area contributed by atoms with E-state index in [0.29, 0.717) is 31.0 Å². The van der Waals surface area contributed by atoms with Crippen LogP contribution in [0.2, 0.25) is 5.02 Å². The van der Waals surface area contributed by atoms with Crippen LogP contribution in [0.4, 0.5) is 0 Å². The fraction of sp³-hybridized carbons (Fsp3) is 0.368. The molecule has 1 aromatic carbocycles. The number of hydrogen-bond acceptors (Lipinski definition) is 4. The first-order valence-electron chi connectivity index (χ1n) is 8.84. The van der Waals surface area contributed by atoms with Crippen LogP contribution in [-0.4, -0.2) is 36.7 Å². The fourth-order valence-electron chi connectivity index (χ4n) is 3.18. The van der Waals surface area contributed by atoms with Gasteiger partial charge in [-0.3, -0.25) is 9.78 Å². The summed E-state index contributed by atoms with van der Waals surface area (Å²) in [5.74, 6) is -0.228. The van der Waals surface area contributed by atoms with Gasteiger partial charge in [0, 0.05) is 36.4 Å². The molecule has 0 bridgehead atoms. The van der Waals surface area contributed by atoms with Crippen LogP contribution in [0.1, 0.15) is 31.4 Å². The minimum Gasteiger partial charge on any atom is -0.349 e. The lowest BCUT2D eigenvalue weighted by Crippen LogP contribution is -2.43. The predicted molar refractivity (Wildman–Crippen MR) is 104 cm³/mol. The van der Waals surface area contributed by atoms with Gasteiger partial charge in [0.05, 0.1) is 10.9 Å². The molecular weight excluding hydrogens is 386 g/mol. The number of carbonyl (C=O) groups is 1. The van der Waals surface area contributed by atoms with Crippen molar-refractivity contribution in [1.29, 1.82) is 0 Å². The van der Waals surface area contributed by atoms with E-state index in [9.17, 15) is 13.2 Å². The zero-order valence-electron chi connectivity index (χ0n) is 15.0. The smallest absolute Gasteiger partial charge is 0.243 e. The van der Waals surface area contributed by atoms with Crippen LogP contribution >= 0.6 is 11.6 Å². The topological polar surface area (TPSA) is 79.4 Å². The number of nitrogens with one attached hydrogen (secondary N) is 1. The zero-order valence-corrected chi connectivity index (χ0v) is 16.6. The normalized spacial score (nSPS) is 17.4. The summed E-state index contributed by atoms with van der Waals surface area (Å²) in [6.45, 7) is 2.58. The first-order valence-corrected chi connectivity index (χ1v) is 10.7. The van der Waals surface area contributed by atoms with Crippen molar-refractivity contribution in [2.75, 3.05) is 13.1 Å². The lowest BCUT2D eigenvalue weighted by atomic mass is 9.96. The van der Waals surface area contributed by atoms with E-state index in [-0.39, 0.29) is 22.8 Å². The molecule has 1 aliphatic rings. The first-order chi connectivity index (χ1) is 12.9. The largest absolute Gasteiger partial charge is 0.349 e. The average Bonchev–Trinajstić information content (AvgIpc) is 2.69. The first kappa shape index (κ1) is 19.8. The monoisotopic (exact) mass is 407 g/mol. The van der Waals surface area contributed by atoms with Crippen molar-refractivity contribution >= 4 is 27.5 Å². The summed E-state index contributed by atoms with van der Waals surface area (Å²) >= 11 is 5.83. The predicted octanol–water partition coefficient (Wildman–Crippen LogP) is 3.01. The standard InChI is InChI=1S/C19H22ClN3O3S/c1-14(15-6-10-21-11-7-15)22-19(24)16-8-12-23(13-9-16)27(25,26)18-4-2-17(20)3-5-18/h2-7,10-11,14,16H,8-9,12-13H2,1H3,(H,22,24)/t14-/m0/s1. The maximum absolute atomic E-state index is 12.7. The van der Waals surface area contributed by atoms with Crippen molar-refractivity contribution in [3.63, 3.8) is 0 Å². The Morgan fingerprint density at radius 1 is 1.15 bits per heavy atom. The molecule has 1 atom stereocenters. The molecule has 0 unspecified atom stereocenters. The molecule has 2 heterocycles. The number of carbonyl (C=O) groups excluding carboxylic acids is 1. The summed E-state index contributed by atoms with van der Waals surface area (Å²) in [4.78, 5) is 16.7. The summed E-state index contributed by atoms with van der Waals surface area (Å²) < 4.78 is 26.9. The molecule has 1 N–H and O–H groups in total. The lowest BCUT2D eigenvalue weighted by molar-refractivity contribution is -0.126. The molecule has 1 aliphatic heterocycles. The average molecular weight is 408 g/mol. The van der Waals surface area contributed by atoms with E-state index < -0.39 is 10.0 Å². The van der Waals surface area contributed by atoms with Crippen LogP contribution in [0.5, 0.6) is 0 Å². The number of aromatic nitrogens is 1. The van der Waals surface area contributed by atoms with Gasteiger partial charge < -0.3 is 5.32 Å². The van der Waals surface area contributed by atoms with Gasteiger partial charge in [-0.2, -0.15) is 4.31 Å². The molecule has 3 rings (SSSR count). The number of halogens is 1.